The Morgan fingerprint density at radius 2 is 1.88 bits per heavy atom. The minimum absolute atomic E-state index is 0.0371. The molecule has 34 heavy (non-hydrogen) atoms. The lowest BCUT2D eigenvalue weighted by Gasteiger charge is -2.12. The number of likely N-dealkylation sites (N-methyl/N-ethyl adjacent to an activating group) is 1. The van der Waals surface area contributed by atoms with Crippen LogP contribution < -0.4 is 14.9 Å². The summed E-state index contributed by atoms with van der Waals surface area (Å²) in [6, 6.07) is 11.4. The van der Waals surface area contributed by atoms with Gasteiger partial charge in [-0.05, 0) is 54.3 Å². The number of carbonyl (C=O) groups excluding carboxylic acids is 2. The summed E-state index contributed by atoms with van der Waals surface area (Å²) in [5.41, 5.74) is 3.78. The van der Waals surface area contributed by atoms with Crippen LogP contribution in [0.5, 0.6) is 5.75 Å². The van der Waals surface area contributed by atoms with Crippen molar-refractivity contribution < 1.29 is 22.7 Å². The zero-order chi connectivity index (χ0) is 24.7. The van der Waals surface area contributed by atoms with Crippen molar-refractivity contribution in [3.05, 3.63) is 71.4 Å². The van der Waals surface area contributed by atoms with Crippen LogP contribution in [0.4, 0.5) is 5.69 Å². The van der Waals surface area contributed by atoms with Gasteiger partial charge < -0.3 is 9.64 Å². The van der Waals surface area contributed by atoms with Crippen LogP contribution in [0.15, 0.2) is 69.5 Å². The van der Waals surface area contributed by atoms with E-state index < -0.39 is 15.9 Å². The lowest BCUT2D eigenvalue weighted by atomic mass is 10.1. The predicted molar refractivity (Wildman–Crippen MR) is 130 cm³/mol. The van der Waals surface area contributed by atoms with Crippen LogP contribution in [-0.4, -0.2) is 56.5 Å². The number of nitrogens with zero attached hydrogens (tertiary/aromatic N) is 3. The van der Waals surface area contributed by atoms with Crippen LogP contribution in [0.2, 0.25) is 0 Å². The second kappa shape index (κ2) is 10.9. The van der Waals surface area contributed by atoms with Crippen molar-refractivity contribution >= 4 is 44.6 Å². The topological polar surface area (TPSA) is 130 Å². The van der Waals surface area contributed by atoms with Crippen molar-refractivity contribution in [1.82, 2.24) is 15.3 Å². The smallest absolute Gasteiger partial charge is 0.273 e. The minimum Gasteiger partial charge on any atom is -0.484 e. The first-order valence-corrected chi connectivity index (χ1v) is 12.3. The van der Waals surface area contributed by atoms with Crippen LogP contribution in [-0.2, 0) is 14.8 Å². The Hall–Kier alpha value is -3.77. The minimum atomic E-state index is -3.84. The van der Waals surface area contributed by atoms with Crippen LogP contribution in [0, 0.1) is 0 Å². The molecule has 0 atom stereocenters. The first-order chi connectivity index (χ1) is 16.2. The van der Waals surface area contributed by atoms with E-state index in [-0.39, 0.29) is 28.0 Å². The van der Waals surface area contributed by atoms with Crippen molar-refractivity contribution in [2.45, 2.75) is 11.1 Å². The Morgan fingerprint density at radius 1 is 1.15 bits per heavy atom. The molecule has 178 valence electrons. The van der Waals surface area contributed by atoms with Gasteiger partial charge >= 0.3 is 0 Å². The molecule has 12 heteroatoms. The number of carbonyl (C=O) groups is 2. The number of benzene rings is 1. The molecule has 0 saturated carbocycles. The van der Waals surface area contributed by atoms with Crippen LogP contribution in [0.25, 0.3) is 0 Å². The molecule has 0 aliphatic rings. The number of hydrogen-bond donors (Lipinski definition) is 2. The molecule has 0 bridgehead atoms. The largest absolute Gasteiger partial charge is 0.484 e. The van der Waals surface area contributed by atoms with Crippen molar-refractivity contribution in [2.75, 3.05) is 25.4 Å². The van der Waals surface area contributed by atoms with Crippen LogP contribution in [0.3, 0.4) is 0 Å². The molecule has 0 fully saturated rings. The van der Waals surface area contributed by atoms with Crippen molar-refractivity contribution in [2.24, 2.45) is 5.10 Å². The fourth-order valence-electron chi connectivity index (χ4n) is 2.61. The third-order valence-electron chi connectivity index (χ3n) is 4.53. The fourth-order valence-corrected chi connectivity index (χ4v) is 4.67. The molecule has 2 amide bonds. The molecule has 3 rings (SSSR count). The fraction of sp³-hybridized carbons (Fsp3) is 0.182. The molecule has 0 aliphatic heterocycles. The number of nitrogens with one attached hydrogen (secondary N) is 2. The number of amides is 2. The molecule has 0 aliphatic carbocycles. The molecule has 3 aromatic rings. The van der Waals surface area contributed by atoms with E-state index in [2.05, 4.69) is 20.2 Å². The first-order valence-electron chi connectivity index (χ1n) is 9.96. The summed E-state index contributed by atoms with van der Waals surface area (Å²) >= 11 is 1.06. The monoisotopic (exact) mass is 501 g/mol. The third-order valence-corrected chi connectivity index (χ3v) is 7.29. The quantitative estimate of drug-likeness (QED) is 0.342. The van der Waals surface area contributed by atoms with E-state index in [1.165, 1.54) is 29.4 Å². The number of ether oxygens (including phenoxy) is 1. The summed E-state index contributed by atoms with van der Waals surface area (Å²) in [6.45, 7) is 1.64. The van der Waals surface area contributed by atoms with Gasteiger partial charge in [-0.1, -0.05) is 6.07 Å². The standard InChI is InChI=1S/C22H23N5O5S2/c1-15(16-6-8-17(9-7-16)32-14-20(28)27(2)3)24-25-22(29)18-10-11-23-13-19(18)26-34(30,31)21-5-4-12-33-21/h4-13,26H,14H2,1-3H3,(H,25,29)/b24-15+. The van der Waals surface area contributed by atoms with Gasteiger partial charge in [-0.25, -0.2) is 13.8 Å². The molecule has 0 spiro atoms. The van der Waals surface area contributed by atoms with Gasteiger partial charge in [-0.15, -0.1) is 11.3 Å². The molecule has 10 nitrogen and oxygen atoms in total. The Kier molecular flexibility index (Phi) is 7.97. The molecule has 2 aromatic heterocycles. The van der Waals surface area contributed by atoms with E-state index >= 15 is 0 Å². The van der Waals surface area contributed by atoms with E-state index in [1.54, 1.807) is 56.7 Å². The van der Waals surface area contributed by atoms with Gasteiger partial charge in [-0.3, -0.25) is 19.3 Å². The lowest BCUT2D eigenvalue weighted by molar-refractivity contribution is -0.130. The third kappa shape index (κ3) is 6.39. The maximum atomic E-state index is 12.7. The number of hydrogen-bond acceptors (Lipinski definition) is 8. The summed E-state index contributed by atoms with van der Waals surface area (Å²) < 4.78 is 33.0. The highest BCUT2D eigenvalue weighted by atomic mass is 32.2. The normalized spacial score (nSPS) is 11.6. The average molecular weight is 502 g/mol. The molecule has 0 saturated heterocycles. The molecule has 0 radical (unpaired) electrons. The molecular formula is C22H23N5O5S2. The van der Waals surface area contributed by atoms with E-state index in [1.807, 2.05) is 0 Å². The van der Waals surface area contributed by atoms with Crippen LogP contribution in [0.1, 0.15) is 22.8 Å². The lowest BCUT2D eigenvalue weighted by Crippen LogP contribution is -2.27. The molecular weight excluding hydrogens is 478 g/mol. The van der Waals surface area contributed by atoms with Gasteiger partial charge in [0.05, 0.1) is 23.2 Å². The maximum absolute atomic E-state index is 12.7. The van der Waals surface area contributed by atoms with Crippen molar-refractivity contribution in [3.8, 4) is 5.75 Å². The van der Waals surface area contributed by atoms with E-state index in [0.717, 1.165) is 16.9 Å². The van der Waals surface area contributed by atoms with Gasteiger partial charge in [0.25, 0.3) is 21.8 Å². The van der Waals surface area contributed by atoms with Gasteiger partial charge in [0, 0.05) is 20.3 Å². The summed E-state index contributed by atoms with van der Waals surface area (Å²) in [7, 11) is -0.544. The summed E-state index contributed by atoms with van der Waals surface area (Å²) in [4.78, 5) is 29.7. The van der Waals surface area contributed by atoms with Gasteiger partial charge in [-0.2, -0.15) is 5.10 Å². The zero-order valence-electron chi connectivity index (χ0n) is 18.7. The Bertz CT molecular complexity index is 1290. The van der Waals surface area contributed by atoms with E-state index in [0.29, 0.717) is 11.5 Å². The number of aromatic nitrogens is 1. The van der Waals surface area contributed by atoms with Crippen molar-refractivity contribution in [3.63, 3.8) is 0 Å². The van der Waals surface area contributed by atoms with Gasteiger partial charge in [0.1, 0.15) is 9.96 Å². The van der Waals surface area contributed by atoms with Gasteiger partial charge in [0.2, 0.25) is 0 Å². The summed E-state index contributed by atoms with van der Waals surface area (Å²) in [5.74, 6) is -0.235. The second-order valence-corrected chi connectivity index (χ2v) is 10.1. The van der Waals surface area contributed by atoms with E-state index in [4.69, 9.17) is 4.74 Å². The highest BCUT2D eigenvalue weighted by Crippen LogP contribution is 2.22. The highest BCUT2D eigenvalue weighted by molar-refractivity contribution is 7.94. The zero-order valence-corrected chi connectivity index (χ0v) is 20.3. The maximum Gasteiger partial charge on any atom is 0.273 e. The molecule has 2 N–H and O–H groups in total. The average Bonchev–Trinajstić information content (AvgIpc) is 3.37. The first kappa shape index (κ1) is 24.9. The number of pyridine rings is 1. The number of rotatable bonds is 9. The number of thiophene rings is 1. The summed E-state index contributed by atoms with van der Waals surface area (Å²) in [5, 5.41) is 5.75. The molecule has 1 aromatic carbocycles. The number of hydrazone groups is 1. The number of anilines is 1. The van der Waals surface area contributed by atoms with Crippen molar-refractivity contribution in [1.29, 1.82) is 0 Å². The predicted octanol–water partition coefficient (Wildman–Crippen LogP) is 2.56. The Balaban J connectivity index is 1.67. The Labute approximate surface area is 201 Å². The van der Waals surface area contributed by atoms with Crippen LogP contribution >= 0.6 is 11.3 Å². The second-order valence-electron chi connectivity index (χ2n) is 7.20. The number of sulfonamides is 1. The van der Waals surface area contributed by atoms with Gasteiger partial charge in [0.15, 0.2) is 6.61 Å². The molecule has 0 unspecified atom stereocenters. The Morgan fingerprint density at radius 3 is 2.53 bits per heavy atom. The summed E-state index contributed by atoms with van der Waals surface area (Å²) in [6.07, 6.45) is 2.64. The van der Waals surface area contributed by atoms with E-state index in [9.17, 15) is 18.0 Å². The SMILES string of the molecule is C/C(=N\NC(=O)c1ccncc1NS(=O)(=O)c1cccs1)c1ccc(OCC(=O)N(C)C)cc1. The highest BCUT2D eigenvalue weighted by Gasteiger charge is 2.19. The molecule has 2 heterocycles.